The number of benzene rings is 5. The van der Waals surface area contributed by atoms with Gasteiger partial charge >= 0.3 is 0 Å². The summed E-state index contributed by atoms with van der Waals surface area (Å²) in [5, 5.41) is 5.05. The first-order valence-corrected chi connectivity index (χ1v) is 21.4. The second kappa shape index (κ2) is 14.2. The van der Waals surface area contributed by atoms with Gasteiger partial charge in [0.15, 0.2) is 31.1 Å². The van der Waals surface area contributed by atoms with Gasteiger partial charge in [0.2, 0.25) is 0 Å². The molecule has 0 bridgehead atoms. The molecule has 0 unspecified atom stereocenters. The first-order valence-electron chi connectivity index (χ1n) is 19.4. The van der Waals surface area contributed by atoms with Crippen LogP contribution in [0.1, 0.15) is 0 Å². The van der Waals surface area contributed by atoms with Crippen molar-refractivity contribution in [2.45, 2.75) is 0 Å². The average Bonchev–Trinajstić information content (AvgIpc) is 3.62. The van der Waals surface area contributed by atoms with E-state index < -0.39 is 8.07 Å². The van der Waals surface area contributed by atoms with Gasteiger partial charge in [-0.25, -0.2) is 0 Å². The van der Waals surface area contributed by atoms with Gasteiger partial charge in [0.25, 0.3) is 0 Å². The highest BCUT2D eigenvalue weighted by Gasteiger charge is 2.50. The van der Waals surface area contributed by atoms with Crippen molar-refractivity contribution in [1.29, 1.82) is 0 Å². The highest BCUT2D eigenvalue weighted by atomic mass is 28.3. The summed E-state index contributed by atoms with van der Waals surface area (Å²) < 4.78 is 13.3. The zero-order chi connectivity index (χ0) is 39.2. The minimum absolute atomic E-state index is 0.707. The molecule has 9 heteroatoms. The lowest BCUT2D eigenvalue weighted by molar-refractivity contribution is 0.361. The highest BCUT2D eigenvalue weighted by Crippen LogP contribution is 2.50. The predicted molar refractivity (Wildman–Crippen MR) is 236 cm³/mol. The lowest BCUT2D eigenvalue weighted by atomic mass is 10.0. The summed E-state index contributed by atoms with van der Waals surface area (Å²) in [5.74, 6) is 2.88. The number of rotatable bonds is 8. The molecule has 59 heavy (non-hydrogen) atoms. The first-order chi connectivity index (χ1) is 29.3. The Hall–Kier alpha value is -7.88. The van der Waals surface area contributed by atoms with E-state index in [4.69, 9.17) is 9.47 Å². The zero-order valence-corrected chi connectivity index (χ0v) is 32.6. The Labute approximate surface area is 342 Å². The summed E-state index contributed by atoms with van der Waals surface area (Å²) in [6.07, 6.45) is 14.6. The van der Waals surface area contributed by atoms with Gasteiger partial charge in [-0.05, 0) is 117 Å². The minimum Gasteiger partial charge on any atom is -0.449 e. The maximum Gasteiger partial charge on any atom is 0.181 e. The van der Waals surface area contributed by atoms with E-state index in [1.54, 1.807) is 0 Å². The molecular weight excluding hydrogens is 745 g/mol. The largest absolute Gasteiger partial charge is 0.449 e. The number of hydrogen-bond acceptors (Lipinski definition) is 8. The number of hydrogen-bond donors (Lipinski definition) is 0. The topological polar surface area (TPSA) is 76.5 Å². The number of pyridine rings is 4. The normalized spacial score (nSPS) is 12.8. The molecule has 0 radical (unpaired) electrons. The molecule has 2 aliphatic heterocycles. The number of ether oxygens (including phenoxy) is 2. The molecule has 0 saturated heterocycles. The fourth-order valence-electron chi connectivity index (χ4n) is 8.72. The molecule has 6 heterocycles. The Bertz CT molecular complexity index is 2730. The molecule has 0 amide bonds. The summed E-state index contributed by atoms with van der Waals surface area (Å²) in [7, 11) is -3.02. The van der Waals surface area contributed by atoms with Crippen molar-refractivity contribution in [2.24, 2.45) is 0 Å². The quantitative estimate of drug-likeness (QED) is 0.141. The number of anilines is 6. The molecule has 4 aromatic heterocycles. The Balaban J connectivity index is 1.12. The van der Waals surface area contributed by atoms with E-state index >= 15 is 0 Å². The predicted octanol–water partition coefficient (Wildman–Crippen LogP) is 9.46. The molecule has 8 nitrogen and oxygen atoms in total. The fraction of sp³-hybridized carbons (Fsp3) is 0. The van der Waals surface area contributed by atoms with Gasteiger partial charge in [0.1, 0.15) is 0 Å². The number of fused-ring (bicyclic) bond motifs is 6. The molecule has 280 valence electrons. The monoisotopic (exact) mass is 778 g/mol. The van der Waals surface area contributed by atoms with Gasteiger partial charge in [-0.3, -0.25) is 19.9 Å². The molecule has 0 N–H and O–H groups in total. The van der Waals surface area contributed by atoms with E-state index in [1.165, 1.54) is 20.7 Å². The van der Waals surface area contributed by atoms with Crippen molar-refractivity contribution in [3.05, 3.63) is 207 Å². The van der Waals surface area contributed by atoms with Crippen LogP contribution in [-0.2, 0) is 0 Å². The van der Waals surface area contributed by atoms with E-state index in [0.29, 0.717) is 17.2 Å². The van der Waals surface area contributed by atoms with Crippen LogP contribution in [0.15, 0.2) is 207 Å². The van der Waals surface area contributed by atoms with E-state index in [9.17, 15) is 0 Å². The summed E-state index contributed by atoms with van der Waals surface area (Å²) in [4.78, 5) is 21.7. The molecule has 0 fully saturated rings. The summed E-state index contributed by atoms with van der Waals surface area (Å²) in [5.41, 5.74) is 8.34. The maximum absolute atomic E-state index is 6.80. The average molecular weight is 779 g/mol. The van der Waals surface area contributed by atoms with Crippen LogP contribution in [0.4, 0.5) is 34.1 Å². The lowest BCUT2D eigenvalue weighted by Crippen LogP contribution is -2.72. The molecule has 0 atom stereocenters. The summed E-state index contributed by atoms with van der Waals surface area (Å²) >= 11 is 0. The Kier molecular flexibility index (Phi) is 8.30. The zero-order valence-electron chi connectivity index (χ0n) is 31.6. The van der Waals surface area contributed by atoms with Gasteiger partial charge in [-0.1, -0.05) is 66.7 Å². The Morgan fingerprint density at radius 3 is 1.22 bits per heavy atom. The van der Waals surface area contributed by atoms with Crippen LogP contribution in [0.5, 0.6) is 23.0 Å². The fourth-order valence-corrected chi connectivity index (χ4v) is 13.8. The van der Waals surface area contributed by atoms with Gasteiger partial charge in [0.05, 0.1) is 0 Å². The number of para-hydroxylation sites is 2. The minimum atomic E-state index is -3.02. The van der Waals surface area contributed by atoms with Crippen molar-refractivity contribution in [3.8, 4) is 34.1 Å². The molecule has 0 saturated carbocycles. The number of nitrogens with zero attached hydrogens (tertiary/aromatic N) is 6. The van der Waals surface area contributed by atoms with E-state index in [0.717, 1.165) is 51.0 Å². The van der Waals surface area contributed by atoms with Crippen molar-refractivity contribution >= 4 is 62.9 Å². The van der Waals surface area contributed by atoms with E-state index in [1.807, 2.05) is 122 Å². The van der Waals surface area contributed by atoms with Gasteiger partial charge in [0, 0.05) is 89.3 Å². The van der Waals surface area contributed by atoms with Crippen LogP contribution >= 0.6 is 0 Å². The van der Waals surface area contributed by atoms with Crippen LogP contribution in [-0.4, -0.2) is 28.0 Å². The van der Waals surface area contributed by atoms with Crippen molar-refractivity contribution in [1.82, 2.24) is 19.9 Å². The Morgan fingerprint density at radius 1 is 0.339 bits per heavy atom. The third-order valence-corrected chi connectivity index (χ3v) is 16.1. The van der Waals surface area contributed by atoms with Gasteiger partial charge < -0.3 is 19.3 Å². The van der Waals surface area contributed by atoms with Crippen molar-refractivity contribution < 1.29 is 9.47 Å². The van der Waals surface area contributed by atoms with Crippen LogP contribution < -0.4 is 40.0 Å². The summed E-state index contributed by atoms with van der Waals surface area (Å²) in [6, 6.07) is 55.5. The van der Waals surface area contributed by atoms with Crippen molar-refractivity contribution in [3.63, 3.8) is 0 Å². The molecular formula is C50H34N6O2Si. The number of aromatic nitrogens is 4. The van der Waals surface area contributed by atoms with Gasteiger partial charge in [-0.2, -0.15) is 0 Å². The van der Waals surface area contributed by atoms with Gasteiger partial charge in [-0.15, -0.1) is 0 Å². The molecule has 9 aromatic rings. The standard InChI is InChI=1S/C50H34N6O2Si/c1-4-8-47-43(5-1)49-48(18-17-46-50(49)58-45-7-3-2-6-44(45)57-46)59(47,41-13-9-35(10-14-41)55(37-19-27-51-28-20-37)38-21-29-52-30-22-38)42-15-11-36(12-16-42)56(39-23-31-53-32-24-39)40-25-33-54-34-26-40/h1-34H. The van der Waals surface area contributed by atoms with E-state index in [-0.39, 0.29) is 0 Å². The lowest BCUT2D eigenvalue weighted by Gasteiger charge is -2.33. The van der Waals surface area contributed by atoms with Crippen LogP contribution in [0.25, 0.3) is 11.1 Å². The van der Waals surface area contributed by atoms with Crippen LogP contribution in [0.3, 0.4) is 0 Å². The molecule has 5 aromatic carbocycles. The molecule has 0 spiro atoms. The molecule has 11 rings (SSSR count). The third-order valence-electron chi connectivity index (χ3n) is 11.2. The second-order valence-electron chi connectivity index (χ2n) is 14.3. The molecule has 2 aliphatic rings. The second-order valence-corrected chi connectivity index (χ2v) is 18.1. The van der Waals surface area contributed by atoms with Crippen LogP contribution in [0, 0.1) is 0 Å². The van der Waals surface area contributed by atoms with E-state index in [2.05, 4.69) is 115 Å². The van der Waals surface area contributed by atoms with Crippen LogP contribution in [0.2, 0.25) is 0 Å². The first kappa shape index (κ1) is 34.4. The maximum atomic E-state index is 6.80. The molecule has 0 aliphatic carbocycles. The third kappa shape index (κ3) is 5.66. The smallest absolute Gasteiger partial charge is 0.181 e. The Morgan fingerprint density at radius 2 is 0.746 bits per heavy atom. The summed E-state index contributed by atoms with van der Waals surface area (Å²) in [6.45, 7) is 0. The highest BCUT2D eigenvalue weighted by molar-refractivity contribution is 7.22. The van der Waals surface area contributed by atoms with Crippen molar-refractivity contribution in [2.75, 3.05) is 9.80 Å². The SMILES string of the molecule is c1ccc2c(c1)Oc1ccc3c(c1O2)-c1ccccc1[Si]3(c1ccc(N(c2ccncc2)c2ccncc2)cc1)c1ccc(N(c2ccncc2)c2ccncc2)cc1.